The number of rotatable bonds is 6. The molecule has 1 N–H and O–H groups in total. The summed E-state index contributed by atoms with van der Waals surface area (Å²) in [4.78, 5) is 24.6. The van der Waals surface area contributed by atoms with Gasteiger partial charge in [0.2, 0.25) is 6.10 Å². The maximum Gasteiger partial charge on any atom is 0.408 e. The number of amides is 1. The minimum atomic E-state index is -1.18. The molecule has 2 aromatic rings. The molecule has 0 fully saturated rings. The second-order valence-corrected chi connectivity index (χ2v) is 7.26. The number of alkyl carbamates (subject to hydrolysis) is 1. The number of benzene rings is 2. The third-order valence-electron chi connectivity index (χ3n) is 3.74. The van der Waals surface area contributed by atoms with Gasteiger partial charge in [0.05, 0.1) is 11.6 Å². The van der Waals surface area contributed by atoms with Crippen molar-refractivity contribution < 1.29 is 19.1 Å². The highest BCUT2D eigenvalue weighted by Crippen LogP contribution is 2.13. The molecule has 0 aliphatic carbocycles. The average molecular weight is 380 g/mol. The van der Waals surface area contributed by atoms with Crippen molar-refractivity contribution in [3.63, 3.8) is 0 Å². The highest BCUT2D eigenvalue weighted by molar-refractivity contribution is 5.89. The number of carbonyl (C=O) groups excluding carboxylic acids is 2. The first-order valence-electron chi connectivity index (χ1n) is 8.97. The number of nitrogens with zero attached hydrogens (tertiary/aromatic N) is 1. The Balaban J connectivity index is 2.18. The van der Waals surface area contributed by atoms with Crippen molar-refractivity contribution in [2.75, 3.05) is 0 Å². The number of carbonyl (C=O) groups is 2. The van der Waals surface area contributed by atoms with Crippen LogP contribution in [0.3, 0.4) is 0 Å². The molecule has 0 saturated heterocycles. The summed E-state index contributed by atoms with van der Waals surface area (Å²) in [5.74, 6) is -0.629. The second-order valence-electron chi connectivity index (χ2n) is 7.26. The lowest BCUT2D eigenvalue weighted by Gasteiger charge is -2.26. The van der Waals surface area contributed by atoms with Gasteiger partial charge < -0.3 is 14.8 Å². The first kappa shape index (κ1) is 21.0. The first-order chi connectivity index (χ1) is 13.3. The number of ether oxygens (including phenoxy) is 2. The normalized spacial score (nSPS) is 12.9. The lowest BCUT2D eigenvalue weighted by molar-refractivity contribution is 0.0260. The van der Waals surface area contributed by atoms with Crippen molar-refractivity contribution in [1.82, 2.24) is 5.32 Å². The summed E-state index contributed by atoms with van der Waals surface area (Å²) in [5.41, 5.74) is 0.530. The third kappa shape index (κ3) is 6.76. The Bertz CT molecular complexity index is 823. The summed E-state index contributed by atoms with van der Waals surface area (Å²) in [7, 11) is 0. The molecule has 0 aromatic heterocycles. The molecule has 2 rings (SSSR count). The van der Waals surface area contributed by atoms with Crippen LogP contribution in [0.1, 0.15) is 36.7 Å². The fraction of sp³-hybridized carbons (Fsp3) is 0.318. The molecule has 0 heterocycles. The van der Waals surface area contributed by atoms with Crippen LogP contribution < -0.4 is 5.32 Å². The molecule has 146 valence electrons. The van der Waals surface area contributed by atoms with E-state index in [1.807, 2.05) is 36.4 Å². The van der Waals surface area contributed by atoms with Crippen LogP contribution >= 0.6 is 0 Å². The molecule has 0 radical (unpaired) electrons. The predicted octanol–water partition coefficient (Wildman–Crippen LogP) is 3.87. The Kier molecular flexibility index (Phi) is 7.16. The van der Waals surface area contributed by atoms with E-state index >= 15 is 0 Å². The van der Waals surface area contributed by atoms with Crippen molar-refractivity contribution in [3.8, 4) is 6.07 Å². The van der Waals surface area contributed by atoms with Crippen LogP contribution in [0.25, 0.3) is 0 Å². The Hall–Kier alpha value is -3.33. The zero-order chi connectivity index (χ0) is 20.6. The minimum absolute atomic E-state index is 0.306. The summed E-state index contributed by atoms with van der Waals surface area (Å²) in [6, 6.07) is 18.9. The smallest absolute Gasteiger partial charge is 0.408 e. The number of hydrogen-bond acceptors (Lipinski definition) is 5. The van der Waals surface area contributed by atoms with Crippen LogP contribution in [0, 0.1) is 11.3 Å². The Labute approximate surface area is 165 Å². The molecule has 0 spiro atoms. The van der Waals surface area contributed by atoms with Crippen molar-refractivity contribution in [2.24, 2.45) is 0 Å². The maximum absolute atomic E-state index is 12.4. The SMILES string of the molecule is CC(C)(C)OC(=O)NC(Cc1ccccc1)C(C#N)OC(=O)c1ccccc1. The van der Waals surface area contributed by atoms with Gasteiger partial charge in [-0.2, -0.15) is 5.26 Å². The van der Waals surface area contributed by atoms with Crippen molar-refractivity contribution >= 4 is 12.1 Å². The van der Waals surface area contributed by atoms with Crippen molar-refractivity contribution in [2.45, 2.75) is 44.9 Å². The van der Waals surface area contributed by atoms with Gasteiger partial charge in [-0.1, -0.05) is 48.5 Å². The van der Waals surface area contributed by atoms with Gasteiger partial charge in [-0.05, 0) is 44.9 Å². The van der Waals surface area contributed by atoms with E-state index in [0.717, 1.165) is 5.56 Å². The quantitative estimate of drug-likeness (QED) is 0.769. The number of hydrogen-bond donors (Lipinski definition) is 1. The van der Waals surface area contributed by atoms with Crippen LogP contribution in [0.15, 0.2) is 60.7 Å². The van der Waals surface area contributed by atoms with E-state index in [2.05, 4.69) is 5.32 Å². The van der Waals surface area contributed by atoms with E-state index in [-0.39, 0.29) is 0 Å². The van der Waals surface area contributed by atoms with Crippen LogP contribution in [0.5, 0.6) is 0 Å². The fourth-order valence-electron chi connectivity index (χ4n) is 2.52. The molecule has 2 aromatic carbocycles. The van der Waals surface area contributed by atoms with Gasteiger partial charge >= 0.3 is 12.1 Å². The van der Waals surface area contributed by atoms with Gasteiger partial charge in [0, 0.05) is 0 Å². The molecule has 6 nitrogen and oxygen atoms in total. The highest BCUT2D eigenvalue weighted by atomic mass is 16.6. The minimum Gasteiger partial charge on any atom is -0.444 e. The Morgan fingerprint density at radius 3 is 2.14 bits per heavy atom. The summed E-state index contributed by atoms with van der Waals surface area (Å²) in [5, 5.41) is 12.3. The molecule has 0 saturated carbocycles. The average Bonchev–Trinajstić information content (AvgIpc) is 2.65. The zero-order valence-corrected chi connectivity index (χ0v) is 16.2. The van der Waals surface area contributed by atoms with Gasteiger partial charge in [0.1, 0.15) is 11.7 Å². The number of nitrogens with one attached hydrogen (secondary N) is 1. The molecule has 2 unspecified atom stereocenters. The predicted molar refractivity (Wildman–Crippen MR) is 105 cm³/mol. The molecule has 0 aliphatic heterocycles. The molecule has 28 heavy (non-hydrogen) atoms. The first-order valence-corrected chi connectivity index (χ1v) is 8.97. The van der Waals surface area contributed by atoms with Crippen LogP contribution in [-0.2, 0) is 15.9 Å². The van der Waals surface area contributed by atoms with Crippen LogP contribution in [-0.4, -0.2) is 29.8 Å². The monoisotopic (exact) mass is 380 g/mol. The van der Waals surface area contributed by atoms with Crippen LogP contribution in [0.4, 0.5) is 4.79 Å². The molecule has 0 bridgehead atoms. The molecule has 2 atom stereocenters. The van der Waals surface area contributed by atoms with E-state index in [1.54, 1.807) is 51.1 Å². The Morgan fingerprint density at radius 1 is 1.04 bits per heavy atom. The second kappa shape index (κ2) is 9.56. The molecule has 0 aliphatic rings. The molecule has 1 amide bonds. The lowest BCUT2D eigenvalue weighted by Crippen LogP contribution is -2.47. The van der Waals surface area contributed by atoms with E-state index < -0.39 is 29.8 Å². The Morgan fingerprint density at radius 2 is 1.61 bits per heavy atom. The van der Waals surface area contributed by atoms with Gasteiger partial charge in [-0.25, -0.2) is 9.59 Å². The summed E-state index contributed by atoms with van der Waals surface area (Å²) in [6.07, 6.45) is -1.55. The van der Waals surface area contributed by atoms with Gasteiger partial charge in [-0.3, -0.25) is 0 Å². The van der Waals surface area contributed by atoms with Gasteiger partial charge in [0.15, 0.2) is 0 Å². The van der Waals surface area contributed by atoms with Crippen molar-refractivity contribution in [3.05, 3.63) is 71.8 Å². The molecular formula is C22H24N2O4. The van der Waals surface area contributed by atoms with E-state index in [4.69, 9.17) is 9.47 Å². The lowest BCUT2D eigenvalue weighted by atomic mass is 10.0. The van der Waals surface area contributed by atoms with E-state index in [1.165, 1.54) is 0 Å². The standard InChI is InChI=1S/C22H24N2O4/c1-22(2,3)28-21(26)24-18(14-16-10-6-4-7-11-16)19(15-23)27-20(25)17-12-8-5-9-13-17/h4-13,18-19H,14H2,1-3H3,(H,24,26). The summed E-state index contributed by atoms with van der Waals surface area (Å²) >= 11 is 0. The third-order valence-corrected chi connectivity index (χ3v) is 3.74. The highest BCUT2D eigenvalue weighted by Gasteiger charge is 2.29. The summed E-state index contributed by atoms with van der Waals surface area (Å²) < 4.78 is 10.7. The molecular weight excluding hydrogens is 356 g/mol. The van der Waals surface area contributed by atoms with E-state index in [9.17, 15) is 14.9 Å². The summed E-state index contributed by atoms with van der Waals surface area (Å²) in [6.45, 7) is 5.24. The van der Waals surface area contributed by atoms with Gasteiger partial charge in [0.25, 0.3) is 0 Å². The topological polar surface area (TPSA) is 88.4 Å². The van der Waals surface area contributed by atoms with Gasteiger partial charge in [-0.15, -0.1) is 0 Å². The van der Waals surface area contributed by atoms with E-state index in [0.29, 0.717) is 12.0 Å². The fourth-order valence-corrected chi connectivity index (χ4v) is 2.52. The largest absolute Gasteiger partial charge is 0.444 e. The number of esters is 1. The zero-order valence-electron chi connectivity index (χ0n) is 16.2. The maximum atomic E-state index is 12.4. The molecule has 6 heteroatoms. The van der Waals surface area contributed by atoms with Crippen LogP contribution in [0.2, 0.25) is 0 Å². The number of nitriles is 1. The van der Waals surface area contributed by atoms with Crippen molar-refractivity contribution in [1.29, 1.82) is 5.26 Å².